The maximum absolute atomic E-state index is 12.4. The molecule has 0 heterocycles. The molecule has 0 radical (unpaired) electrons. The van der Waals surface area contributed by atoms with Gasteiger partial charge in [0.15, 0.2) is 11.5 Å². The van der Waals surface area contributed by atoms with Gasteiger partial charge in [-0.15, -0.1) is 10.1 Å². The maximum atomic E-state index is 12.4. The zero-order chi connectivity index (χ0) is 25.0. The van der Waals surface area contributed by atoms with Crippen LogP contribution in [0.1, 0.15) is 46.0 Å². The fraction of sp³-hybridized carbons (Fsp3) is 0.625. The number of benzene rings is 1. The van der Waals surface area contributed by atoms with Gasteiger partial charge in [-0.2, -0.15) is 0 Å². The van der Waals surface area contributed by atoms with Gasteiger partial charge in [-0.25, -0.2) is 0 Å². The SMILES string of the molecule is C=CCOc1ccccc1OCC(O)CNC(C)(C)CNC(=O)CC1CCCCC1O[N+](=O)[O-]. The molecular weight excluding hydrogens is 442 g/mol. The summed E-state index contributed by atoms with van der Waals surface area (Å²) in [5.74, 6) is 0.790. The van der Waals surface area contributed by atoms with Crippen molar-refractivity contribution in [2.24, 2.45) is 5.92 Å². The van der Waals surface area contributed by atoms with E-state index in [0.717, 1.165) is 19.3 Å². The molecule has 1 aromatic carbocycles. The summed E-state index contributed by atoms with van der Waals surface area (Å²) < 4.78 is 11.2. The first-order chi connectivity index (χ1) is 16.2. The molecule has 10 nitrogen and oxygen atoms in total. The number of para-hydroxylation sites is 2. The van der Waals surface area contributed by atoms with Gasteiger partial charge in [0, 0.05) is 25.0 Å². The van der Waals surface area contributed by atoms with Crippen LogP contribution >= 0.6 is 0 Å². The van der Waals surface area contributed by atoms with Crippen molar-refractivity contribution in [3.05, 3.63) is 47.0 Å². The zero-order valence-electron chi connectivity index (χ0n) is 20.0. The van der Waals surface area contributed by atoms with Crippen LogP contribution in [0.4, 0.5) is 0 Å². The van der Waals surface area contributed by atoms with Gasteiger partial charge in [0.2, 0.25) is 5.91 Å². The second-order valence-electron chi connectivity index (χ2n) is 9.17. The second-order valence-corrected chi connectivity index (χ2v) is 9.17. The number of rotatable bonds is 15. The Bertz CT molecular complexity index is 803. The number of carbonyl (C=O) groups is 1. The number of hydrogen-bond donors (Lipinski definition) is 3. The predicted octanol–water partition coefficient (Wildman–Crippen LogP) is 2.63. The molecule has 10 heteroatoms. The van der Waals surface area contributed by atoms with Crippen LogP contribution in [0.2, 0.25) is 0 Å². The lowest BCUT2D eigenvalue weighted by atomic mass is 9.84. The van der Waals surface area contributed by atoms with E-state index in [0.29, 0.717) is 31.1 Å². The Balaban J connectivity index is 1.72. The Labute approximate surface area is 200 Å². The van der Waals surface area contributed by atoms with E-state index in [-0.39, 0.29) is 31.4 Å². The van der Waals surface area contributed by atoms with Crippen LogP contribution in [-0.2, 0) is 9.63 Å². The topological polar surface area (TPSA) is 132 Å². The number of nitrogens with zero attached hydrogens (tertiary/aromatic N) is 1. The molecule has 1 aliphatic rings. The molecule has 1 amide bonds. The lowest BCUT2D eigenvalue weighted by Crippen LogP contribution is -2.52. The first-order valence-corrected chi connectivity index (χ1v) is 11.7. The van der Waals surface area contributed by atoms with E-state index in [9.17, 15) is 20.0 Å². The largest absolute Gasteiger partial charge is 0.487 e. The van der Waals surface area contributed by atoms with Crippen molar-refractivity contribution < 1.29 is 29.3 Å². The third kappa shape index (κ3) is 9.96. The molecule has 1 aromatic rings. The number of hydrogen-bond acceptors (Lipinski definition) is 8. The number of carbonyl (C=O) groups excluding carboxylic acids is 1. The summed E-state index contributed by atoms with van der Waals surface area (Å²) in [6.07, 6.45) is 3.68. The molecule has 2 rings (SSSR count). The third-order valence-corrected chi connectivity index (χ3v) is 5.69. The number of nitrogens with one attached hydrogen (secondary N) is 2. The van der Waals surface area contributed by atoms with E-state index in [2.05, 4.69) is 17.2 Å². The van der Waals surface area contributed by atoms with Gasteiger partial charge in [0.05, 0.1) is 0 Å². The van der Waals surface area contributed by atoms with Crippen molar-refractivity contribution in [2.75, 3.05) is 26.3 Å². The van der Waals surface area contributed by atoms with E-state index in [1.807, 2.05) is 26.0 Å². The highest BCUT2D eigenvalue weighted by Crippen LogP contribution is 2.29. The molecule has 34 heavy (non-hydrogen) atoms. The molecule has 1 saturated carbocycles. The van der Waals surface area contributed by atoms with Gasteiger partial charge in [0.1, 0.15) is 25.4 Å². The van der Waals surface area contributed by atoms with Crippen LogP contribution < -0.4 is 20.1 Å². The Morgan fingerprint density at radius 3 is 2.65 bits per heavy atom. The van der Waals surface area contributed by atoms with Gasteiger partial charge in [-0.3, -0.25) is 4.79 Å². The van der Waals surface area contributed by atoms with Crippen molar-refractivity contribution >= 4 is 5.91 Å². The standard InChI is InChI=1S/C24H37N3O7/c1-4-13-32-21-11-7-8-12-22(21)33-16-19(28)15-26-24(2,3)17-25-23(29)14-18-9-5-6-10-20(18)34-27(30)31/h4,7-8,11-12,18-20,26,28H,1,5-6,9-10,13-17H2,2-3H3,(H,25,29). The molecule has 1 aliphatic carbocycles. The van der Waals surface area contributed by atoms with Crippen molar-refractivity contribution in [2.45, 2.75) is 63.7 Å². The summed E-state index contributed by atoms with van der Waals surface area (Å²) in [4.78, 5) is 27.9. The lowest BCUT2D eigenvalue weighted by molar-refractivity contribution is -0.771. The Kier molecular flexibility index (Phi) is 11.1. The van der Waals surface area contributed by atoms with Gasteiger partial charge < -0.3 is 30.1 Å². The first kappa shape index (κ1) is 27.4. The van der Waals surface area contributed by atoms with Gasteiger partial charge in [-0.05, 0) is 44.7 Å². The summed E-state index contributed by atoms with van der Waals surface area (Å²) in [6.45, 7) is 8.49. The minimum Gasteiger partial charge on any atom is -0.487 e. The summed E-state index contributed by atoms with van der Waals surface area (Å²) in [5, 5.41) is 26.4. The number of amides is 1. The van der Waals surface area contributed by atoms with Crippen molar-refractivity contribution in [3.8, 4) is 11.5 Å². The second kappa shape index (κ2) is 13.8. The molecule has 0 saturated heterocycles. The van der Waals surface area contributed by atoms with Crippen LogP contribution in [0, 0.1) is 16.0 Å². The monoisotopic (exact) mass is 479 g/mol. The normalized spacial score (nSPS) is 19.0. The van der Waals surface area contributed by atoms with E-state index >= 15 is 0 Å². The number of β-amino-alcohol motifs (C(OH)–C–C–N with tert-alkyl or cyclic N) is 1. The molecule has 3 N–H and O–H groups in total. The highest BCUT2D eigenvalue weighted by Gasteiger charge is 2.30. The van der Waals surface area contributed by atoms with Crippen molar-refractivity contribution in [1.29, 1.82) is 0 Å². The molecule has 0 bridgehead atoms. The highest BCUT2D eigenvalue weighted by molar-refractivity contribution is 5.76. The number of aliphatic hydroxyl groups is 1. The van der Waals surface area contributed by atoms with Crippen molar-refractivity contribution in [3.63, 3.8) is 0 Å². The minimum atomic E-state index is -0.773. The highest BCUT2D eigenvalue weighted by atomic mass is 17.0. The van der Waals surface area contributed by atoms with E-state index in [1.165, 1.54) is 0 Å². The summed E-state index contributed by atoms with van der Waals surface area (Å²) in [7, 11) is 0. The third-order valence-electron chi connectivity index (χ3n) is 5.69. The van der Waals surface area contributed by atoms with Crippen LogP contribution in [0.3, 0.4) is 0 Å². The van der Waals surface area contributed by atoms with Crippen LogP contribution in [0.5, 0.6) is 11.5 Å². The fourth-order valence-electron chi connectivity index (χ4n) is 3.83. The number of ether oxygens (including phenoxy) is 2. The summed E-state index contributed by atoms with van der Waals surface area (Å²) in [5.41, 5.74) is -0.481. The van der Waals surface area contributed by atoms with E-state index < -0.39 is 22.8 Å². The molecule has 0 spiro atoms. The zero-order valence-corrected chi connectivity index (χ0v) is 20.0. The maximum Gasteiger partial charge on any atom is 0.294 e. The number of aliphatic hydroxyl groups excluding tert-OH is 1. The molecule has 3 atom stereocenters. The van der Waals surface area contributed by atoms with Gasteiger partial charge in [0.25, 0.3) is 5.09 Å². The van der Waals surface area contributed by atoms with Crippen LogP contribution in [0.15, 0.2) is 36.9 Å². The molecule has 3 unspecified atom stereocenters. The summed E-state index contributed by atoms with van der Waals surface area (Å²) in [6, 6.07) is 7.22. The average Bonchev–Trinajstić information content (AvgIpc) is 2.80. The van der Waals surface area contributed by atoms with Crippen LogP contribution in [0.25, 0.3) is 0 Å². The smallest absolute Gasteiger partial charge is 0.294 e. The van der Waals surface area contributed by atoms with E-state index in [4.69, 9.17) is 14.3 Å². The Morgan fingerprint density at radius 2 is 1.97 bits per heavy atom. The quantitative estimate of drug-likeness (QED) is 0.199. The predicted molar refractivity (Wildman–Crippen MR) is 127 cm³/mol. The Hall–Kier alpha value is -2.85. The fourth-order valence-corrected chi connectivity index (χ4v) is 3.83. The van der Waals surface area contributed by atoms with E-state index in [1.54, 1.807) is 18.2 Å². The molecule has 1 fully saturated rings. The molecule has 0 aliphatic heterocycles. The van der Waals surface area contributed by atoms with Crippen LogP contribution in [-0.4, -0.2) is 60.2 Å². The first-order valence-electron chi connectivity index (χ1n) is 11.7. The minimum absolute atomic E-state index is 0.0728. The molecule has 190 valence electrons. The average molecular weight is 480 g/mol. The summed E-state index contributed by atoms with van der Waals surface area (Å²) >= 11 is 0. The molecular formula is C24H37N3O7. The van der Waals surface area contributed by atoms with Gasteiger partial charge >= 0.3 is 0 Å². The van der Waals surface area contributed by atoms with Gasteiger partial charge in [-0.1, -0.05) is 37.6 Å². The van der Waals surface area contributed by atoms with Crippen molar-refractivity contribution in [1.82, 2.24) is 10.6 Å². The lowest BCUT2D eigenvalue weighted by Gasteiger charge is -2.31. The molecule has 0 aromatic heterocycles. The Morgan fingerprint density at radius 1 is 1.29 bits per heavy atom.